The molecule has 0 aliphatic carbocycles. The van der Waals surface area contributed by atoms with Gasteiger partial charge in [0.25, 0.3) is 0 Å². The van der Waals surface area contributed by atoms with E-state index in [1.54, 1.807) is 6.92 Å². The Morgan fingerprint density at radius 2 is 1.94 bits per heavy atom. The molecule has 0 spiro atoms. The average Bonchev–Trinajstić information content (AvgIpc) is 2.20. The smallest absolute Gasteiger partial charge is 0.332 e. The summed E-state index contributed by atoms with van der Waals surface area (Å²) in [5.74, 6) is -0.617. The lowest BCUT2D eigenvalue weighted by Crippen LogP contribution is -2.47. The molecule has 0 aromatic heterocycles. The number of hydrogen-bond donors (Lipinski definition) is 1. The molecule has 6 heteroatoms. The minimum Gasteiger partial charge on any atom is -0.332 e. The lowest BCUT2D eigenvalue weighted by molar-refractivity contribution is -0.162. The van der Waals surface area contributed by atoms with Crippen LogP contribution >= 0.6 is 0 Å². The first-order valence-electron chi connectivity index (χ1n) is 5.43. The molecule has 96 valence electrons. The van der Waals surface area contributed by atoms with E-state index < -0.39 is 24.7 Å². The first kappa shape index (κ1) is 15.2. The van der Waals surface area contributed by atoms with E-state index in [-0.39, 0.29) is 6.54 Å². The summed E-state index contributed by atoms with van der Waals surface area (Å²) in [6.07, 6.45) is -2.72. The van der Waals surface area contributed by atoms with Crippen LogP contribution in [0.5, 0.6) is 0 Å². The Bertz CT molecular complexity index is 219. The minimum atomic E-state index is -4.36. The molecule has 1 atom stereocenters. The maximum Gasteiger partial charge on any atom is 0.406 e. The molecule has 0 aliphatic rings. The summed E-state index contributed by atoms with van der Waals surface area (Å²) >= 11 is 0. The van der Waals surface area contributed by atoms with Crippen molar-refractivity contribution < 1.29 is 18.0 Å². The molecule has 0 rings (SSSR count). The molecule has 0 bridgehead atoms. The fraction of sp³-hybridized carbons (Fsp3) is 0.900. The van der Waals surface area contributed by atoms with E-state index in [2.05, 4.69) is 0 Å². The van der Waals surface area contributed by atoms with Gasteiger partial charge >= 0.3 is 6.18 Å². The molecule has 0 unspecified atom stereocenters. The zero-order valence-electron chi connectivity index (χ0n) is 9.68. The Kier molecular flexibility index (Phi) is 6.40. The highest BCUT2D eigenvalue weighted by atomic mass is 19.4. The molecule has 2 N–H and O–H groups in total. The van der Waals surface area contributed by atoms with Crippen LogP contribution in [-0.2, 0) is 4.79 Å². The number of carbonyl (C=O) groups excluding carboxylic acids is 1. The molecule has 0 aromatic rings. The van der Waals surface area contributed by atoms with E-state index in [0.717, 1.165) is 11.3 Å². The minimum absolute atomic E-state index is 0.114. The van der Waals surface area contributed by atoms with E-state index in [1.165, 1.54) is 0 Å². The highest BCUT2D eigenvalue weighted by molar-refractivity contribution is 5.81. The fourth-order valence-electron chi connectivity index (χ4n) is 1.24. The maximum atomic E-state index is 12.2. The van der Waals surface area contributed by atoms with Crippen LogP contribution in [0, 0.1) is 0 Å². The number of nitrogens with two attached hydrogens (primary N) is 1. The Labute approximate surface area is 93.8 Å². The highest BCUT2D eigenvalue weighted by Gasteiger charge is 2.33. The topological polar surface area (TPSA) is 46.3 Å². The van der Waals surface area contributed by atoms with Gasteiger partial charge in [0, 0.05) is 6.54 Å². The predicted molar refractivity (Wildman–Crippen MR) is 55.8 cm³/mol. The third-order valence-corrected chi connectivity index (χ3v) is 2.22. The van der Waals surface area contributed by atoms with Crippen molar-refractivity contribution >= 4 is 5.91 Å². The second-order valence-electron chi connectivity index (χ2n) is 3.74. The van der Waals surface area contributed by atoms with Crippen molar-refractivity contribution in [2.45, 2.75) is 45.3 Å². The van der Waals surface area contributed by atoms with Crippen molar-refractivity contribution in [2.24, 2.45) is 5.73 Å². The second kappa shape index (κ2) is 6.73. The first-order chi connectivity index (χ1) is 7.31. The molecule has 0 aromatic carbocycles. The van der Waals surface area contributed by atoms with Crippen LogP contribution in [-0.4, -0.2) is 36.1 Å². The van der Waals surface area contributed by atoms with Crippen molar-refractivity contribution in [2.75, 3.05) is 13.1 Å². The number of halogens is 3. The molecule has 3 nitrogen and oxygen atoms in total. The van der Waals surface area contributed by atoms with Gasteiger partial charge in [-0.1, -0.05) is 20.3 Å². The molecule has 0 saturated carbocycles. The molecule has 1 amide bonds. The van der Waals surface area contributed by atoms with Crippen LogP contribution in [0.1, 0.15) is 33.1 Å². The largest absolute Gasteiger partial charge is 0.406 e. The summed E-state index contributed by atoms with van der Waals surface area (Å²) in [5.41, 5.74) is 5.45. The van der Waals surface area contributed by atoms with Crippen LogP contribution in [0.2, 0.25) is 0 Å². The maximum absolute atomic E-state index is 12.2. The van der Waals surface area contributed by atoms with Crippen LogP contribution in [0.25, 0.3) is 0 Å². The summed E-state index contributed by atoms with van der Waals surface area (Å²) in [4.78, 5) is 12.4. The van der Waals surface area contributed by atoms with Crippen LogP contribution in [0.15, 0.2) is 0 Å². The van der Waals surface area contributed by atoms with Gasteiger partial charge in [0.05, 0.1) is 6.04 Å². The molecule has 16 heavy (non-hydrogen) atoms. The van der Waals surface area contributed by atoms with E-state index in [9.17, 15) is 18.0 Å². The Morgan fingerprint density at radius 3 is 2.31 bits per heavy atom. The van der Waals surface area contributed by atoms with Crippen LogP contribution in [0.3, 0.4) is 0 Å². The standard InChI is InChI=1S/C10H19F3N2O/c1-3-5-6-15(7-10(11,12)13)9(16)8(14)4-2/h8H,3-7,14H2,1-2H3/t8-/m0/s1. The van der Waals surface area contributed by atoms with Crippen molar-refractivity contribution in [3.8, 4) is 0 Å². The average molecular weight is 240 g/mol. The normalized spacial score (nSPS) is 13.6. The van der Waals surface area contributed by atoms with Gasteiger partial charge in [-0.2, -0.15) is 13.2 Å². The van der Waals surface area contributed by atoms with Crippen molar-refractivity contribution in [1.82, 2.24) is 4.90 Å². The van der Waals surface area contributed by atoms with Crippen molar-refractivity contribution in [1.29, 1.82) is 0 Å². The Balaban J connectivity index is 4.47. The monoisotopic (exact) mass is 240 g/mol. The number of hydrogen-bond acceptors (Lipinski definition) is 2. The summed E-state index contributed by atoms with van der Waals surface area (Å²) in [5, 5.41) is 0. The zero-order valence-corrected chi connectivity index (χ0v) is 9.68. The molecule has 0 radical (unpaired) electrons. The quantitative estimate of drug-likeness (QED) is 0.771. The molecule has 0 fully saturated rings. The lowest BCUT2D eigenvalue weighted by Gasteiger charge is -2.26. The number of rotatable bonds is 6. The lowest BCUT2D eigenvalue weighted by atomic mass is 10.2. The summed E-state index contributed by atoms with van der Waals surface area (Å²) < 4.78 is 36.7. The van der Waals surface area contributed by atoms with Gasteiger partial charge < -0.3 is 10.6 Å². The van der Waals surface area contributed by atoms with Gasteiger partial charge in [-0.05, 0) is 12.8 Å². The van der Waals surface area contributed by atoms with Gasteiger partial charge in [0.1, 0.15) is 6.54 Å². The first-order valence-corrected chi connectivity index (χ1v) is 5.43. The zero-order chi connectivity index (χ0) is 12.8. The van der Waals surface area contributed by atoms with E-state index in [4.69, 9.17) is 5.73 Å². The van der Waals surface area contributed by atoms with Gasteiger partial charge in [-0.25, -0.2) is 0 Å². The van der Waals surface area contributed by atoms with Crippen LogP contribution < -0.4 is 5.73 Å². The number of unbranched alkanes of at least 4 members (excludes halogenated alkanes) is 1. The van der Waals surface area contributed by atoms with E-state index in [0.29, 0.717) is 12.8 Å². The second-order valence-corrected chi connectivity index (χ2v) is 3.74. The van der Waals surface area contributed by atoms with Crippen molar-refractivity contribution in [3.05, 3.63) is 0 Å². The number of alkyl halides is 3. The number of amides is 1. The SMILES string of the molecule is CCCCN(CC(F)(F)F)C(=O)[C@@H](N)CC. The Morgan fingerprint density at radius 1 is 1.38 bits per heavy atom. The molecular formula is C10H19F3N2O. The molecular weight excluding hydrogens is 221 g/mol. The Hall–Kier alpha value is -0.780. The third-order valence-electron chi connectivity index (χ3n) is 2.22. The van der Waals surface area contributed by atoms with Gasteiger partial charge in [-0.15, -0.1) is 0 Å². The summed E-state index contributed by atoms with van der Waals surface area (Å²) in [6.45, 7) is 2.44. The summed E-state index contributed by atoms with van der Waals surface area (Å²) in [6, 6.07) is -0.834. The summed E-state index contributed by atoms with van der Waals surface area (Å²) in [7, 11) is 0. The third kappa shape index (κ3) is 5.95. The number of nitrogens with zero attached hydrogens (tertiary/aromatic N) is 1. The van der Waals surface area contributed by atoms with E-state index >= 15 is 0 Å². The molecule has 0 aliphatic heterocycles. The van der Waals surface area contributed by atoms with Crippen molar-refractivity contribution in [3.63, 3.8) is 0 Å². The van der Waals surface area contributed by atoms with Gasteiger partial charge in [-0.3, -0.25) is 4.79 Å². The van der Waals surface area contributed by atoms with E-state index in [1.807, 2.05) is 6.92 Å². The fourth-order valence-corrected chi connectivity index (χ4v) is 1.24. The number of carbonyl (C=O) groups is 1. The van der Waals surface area contributed by atoms with Gasteiger partial charge in [0.15, 0.2) is 0 Å². The van der Waals surface area contributed by atoms with Gasteiger partial charge in [0.2, 0.25) is 5.91 Å². The highest BCUT2D eigenvalue weighted by Crippen LogP contribution is 2.17. The van der Waals surface area contributed by atoms with Crippen LogP contribution in [0.4, 0.5) is 13.2 Å². The molecule has 0 heterocycles. The molecule has 0 saturated heterocycles. The predicted octanol–water partition coefficient (Wildman–Crippen LogP) is 1.91.